The average molecular weight is 215 g/mol. The number of amides is 2. The minimum absolute atomic E-state index is 0.196. The molecule has 8 heteroatoms. The van der Waals surface area contributed by atoms with Crippen LogP contribution in [0.4, 0.5) is 18.0 Å². The highest BCUT2D eigenvalue weighted by molar-refractivity contribution is 5.90. The Kier molecular flexibility index (Phi) is 4.92. The number of alkyl halides is 3. The number of hydrogen-bond donors (Lipinski definition) is 2. The van der Waals surface area contributed by atoms with Gasteiger partial charge in [0, 0.05) is 6.42 Å². The van der Waals surface area contributed by atoms with Gasteiger partial charge in [0.05, 0.1) is 6.61 Å². The number of rotatable bonds is 4. The van der Waals surface area contributed by atoms with Gasteiger partial charge < -0.3 is 5.11 Å². The Morgan fingerprint density at radius 1 is 1.36 bits per heavy atom. The van der Waals surface area contributed by atoms with Crippen LogP contribution in [-0.2, 0) is 9.53 Å². The number of ether oxygens (including phenoxy) is 1. The van der Waals surface area contributed by atoms with E-state index >= 15 is 0 Å². The highest BCUT2D eigenvalue weighted by atomic mass is 19.4. The summed E-state index contributed by atoms with van der Waals surface area (Å²) >= 11 is 0. The van der Waals surface area contributed by atoms with Crippen LogP contribution in [0.2, 0.25) is 0 Å². The van der Waals surface area contributed by atoms with E-state index in [1.807, 2.05) is 0 Å². The predicted molar refractivity (Wildman–Crippen MR) is 37.4 cm³/mol. The average Bonchev–Trinajstić information content (AvgIpc) is 1.95. The number of hydrogen-bond acceptors (Lipinski definition) is 3. The molecule has 0 aliphatic carbocycles. The maximum absolute atomic E-state index is 11.4. The van der Waals surface area contributed by atoms with E-state index in [2.05, 4.69) is 4.74 Å². The topological polar surface area (TPSA) is 75.6 Å². The molecule has 14 heavy (non-hydrogen) atoms. The molecule has 0 atom stereocenters. The van der Waals surface area contributed by atoms with E-state index in [1.54, 1.807) is 0 Å². The van der Waals surface area contributed by atoms with Crippen molar-refractivity contribution in [3.8, 4) is 0 Å². The van der Waals surface area contributed by atoms with Gasteiger partial charge in [-0.2, -0.15) is 0 Å². The molecule has 0 saturated carbocycles. The quantitative estimate of drug-likeness (QED) is 0.688. The fraction of sp³-hybridized carbons (Fsp3) is 0.667. The number of nitrogens with one attached hydrogen (secondary N) is 1. The summed E-state index contributed by atoms with van der Waals surface area (Å²) in [6.07, 6.45) is -6.78. The molecular formula is C6H8F3NO4. The lowest BCUT2D eigenvalue weighted by Gasteiger charge is -2.06. The second kappa shape index (κ2) is 5.43. The van der Waals surface area contributed by atoms with Gasteiger partial charge in [-0.05, 0) is 6.42 Å². The summed E-state index contributed by atoms with van der Waals surface area (Å²) in [6.45, 7) is -0.670. The van der Waals surface area contributed by atoms with E-state index in [4.69, 9.17) is 5.11 Å². The SMILES string of the molecule is O=C(O)NC(=O)CCCOC(F)(F)F. The van der Waals surface area contributed by atoms with E-state index in [0.29, 0.717) is 0 Å². The largest absolute Gasteiger partial charge is 0.522 e. The predicted octanol–water partition coefficient (Wildman–Crippen LogP) is 1.10. The first-order valence-electron chi connectivity index (χ1n) is 3.55. The molecule has 0 aromatic rings. The van der Waals surface area contributed by atoms with Crippen LogP contribution in [0.25, 0.3) is 0 Å². The zero-order valence-electron chi connectivity index (χ0n) is 6.93. The van der Waals surface area contributed by atoms with E-state index in [1.165, 1.54) is 5.32 Å². The summed E-state index contributed by atoms with van der Waals surface area (Å²) in [4.78, 5) is 20.4. The van der Waals surface area contributed by atoms with Gasteiger partial charge in [0.15, 0.2) is 0 Å². The van der Waals surface area contributed by atoms with Crippen LogP contribution >= 0.6 is 0 Å². The van der Waals surface area contributed by atoms with Crippen molar-refractivity contribution in [1.29, 1.82) is 0 Å². The molecule has 0 aromatic heterocycles. The zero-order chi connectivity index (χ0) is 11.2. The summed E-state index contributed by atoms with van der Waals surface area (Å²) in [6, 6.07) is 0. The lowest BCUT2D eigenvalue weighted by Crippen LogP contribution is -2.28. The summed E-state index contributed by atoms with van der Waals surface area (Å²) in [5.74, 6) is -0.858. The molecule has 82 valence electrons. The first-order valence-corrected chi connectivity index (χ1v) is 3.55. The van der Waals surface area contributed by atoms with Gasteiger partial charge in [-0.15, -0.1) is 13.2 Å². The van der Waals surface area contributed by atoms with Gasteiger partial charge in [0.25, 0.3) is 0 Å². The molecule has 2 amide bonds. The normalized spacial score (nSPS) is 11.1. The lowest BCUT2D eigenvalue weighted by atomic mass is 10.3. The van der Waals surface area contributed by atoms with Gasteiger partial charge in [0.2, 0.25) is 5.91 Å². The molecule has 0 unspecified atom stereocenters. The summed E-state index contributed by atoms with van der Waals surface area (Å²) < 4.78 is 37.5. The molecule has 0 aromatic carbocycles. The van der Waals surface area contributed by atoms with E-state index < -0.39 is 25.0 Å². The van der Waals surface area contributed by atoms with Gasteiger partial charge in [-0.1, -0.05) is 0 Å². The van der Waals surface area contributed by atoms with Crippen molar-refractivity contribution in [3.63, 3.8) is 0 Å². The van der Waals surface area contributed by atoms with Crippen molar-refractivity contribution < 1.29 is 32.6 Å². The summed E-state index contributed by atoms with van der Waals surface area (Å²) in [5, 5.41) is 9.51. The number of halogens is 3. The molecule has 0 fully saturated rings. The number of carbonyl (C=O) groups excluding carboxylic acids is 1. The molecule has 2 N–H and O–H groups in total. The van der Waals surface area contributed by atoms with Gasteiger partial charge in [-0.25, -0.2) is 4.79 Å². The molecule has 0 spiro atoms. The second-order valence-electron chi connectivity index (χ2n) is 2.25. The number of imide groups is 1. The Labute approximate surface area is 76.8 Å². The molecule has 0 rings (SSSR count). The minimum atomic E-state index is -4.72. The van der Waals surface area contributed by atoms with Crippen LogP contribution in [0.5, 0.6) is 0 Å². The molecule has 0 aliphatic heterocycles. The van der Waals surface area contributed by atoms with E-state index in [0.717, 1.165) is 0 Å². The second-order valence-corrected chi connectivity index (χ2v) is 2.25. The third-order valence-corrected chi connectivity index (χ3v) is 1.06. The van der Waals surface area contributed by atoms with Crippen LogP contribution in [0.1, 0.15) is 12.8 Å². The minimum Gasteiger partial charge on any atom is -0.465 e. The Balaban J connectivity index is 3.46. The Morgan fingerprint density at radius 2 is 1.93 bits per heavy atom. The highest BCUT2D eigenvalue weighted by Gasteiger charge is 2.28. The molecule has 0 aliphatic rings. The first kappa shape index (κ1) is 12.7. The Bertz CT molecular complexity index is 216. The third kappa shape index (κ3) is 8.78. The summed E-state index contributed by atoms with van der Waals surface area (Å²) in [7, 11) is 0. The van der Waals surface area contributed by atoms with Crippen LogP contribution in [0.15, 0.2) is 0 Å². The number of carboxylic acid groups (broad SMARTS) is 1. The van der Waals surface area contributed by atoms with Crippen molar-refractivity contribution in [1.82, 2.24) is 5.32 Å². The maximum Gasteiger partial charge on any atom is 0.522 e. The Hall–Kier alpha value is -1.31. The van der Waals surface area contributed by atoms with Crippen molar-refractivity contribution in [3.05, 3.63) is 0 Å². The van der Waals surface area contributed by atoms with Gasteiger partial charge in [-0.3, -0.25) is 14.8 Å². The summed E-state index contributed by atoms with van der Waals surface area (Å²) in [5.41, 5.74) is 0. The smallest absolute Gasteiger partial charge is 0.465 e. The molecule has 0 saturated heterocycles. The van der Waals surface area contributed by atoms with Crippen LogP contribution < -0.4 is 5.32 Å². The van der Waals surface area contributed by atoms with E-state index in [-0.39, 0.29) is 12.8 Å². The maximum atomic E-state index is 11.4. The van der Waals surface area contributed by atoms with Crippen molar-refractivity contribution in [2.24, 2.45) is 0 Å². The van der Waals surface area contributed by atoms with E-state index in [9.17, 15) is 22.8 Å². The van der Waals surface area contributed by atoms with Crippen molar-refractivity contribution in [2.45, 2.75) is 19.2 Å². The zero-order valence-corrected chi connectivity index (χ0v) is 6.93. The molecule has 0 heterocycles. The highest BCUT2D eigenvalue weighted by Crippen LogP contribution is 2.16. The monoisotopic (exact) mass is 215 g/mol. The lowest BCUT2D eigenvalue weighted by molar-refractivity contribution is -0.324. The van der Waals surface area contributed by atoms with Crippen molar-refractivity contribution in [2.75, 3.05) is 6.61 Å². The van der Waals surface area contributed by atoms with Crippen LogP contribution in [-0.4, -0.2) is 30.1 Å². The Morgan fingerprint density at radius 3 is 2.36 bits per heavy atom. The van der Waals surface area contributed by atoms with Gasteiger partial charge in [0.1, 0.15) is 0 Å². The first-order chi connectivity index (χ1) is 6.31. The molecule has 0 radical (unpaired) electrons. The molecule has 0 bridgehead atoms. The number of carbonyl (C=O) groups is 2. The standard InChI is InChI=1S/C6H8F3NO4/c7-6(8,9)14-3-1-2-4(11)10-5(12)13/h1-3H2,(H,10,11)(H,12,13). The molecular weight excluding hydrogens is 207 g/mol. The van der Waals surface area contributed by atoms with Crippen LogP contribution in [0.3, 0.4) is 0 Å². The van der Waals surface area contributed by atoms with Crippen molar-refractivity contribution >= 4 is 12.0 Å². The van der Waals surface area contributed by atoms with Crippen LogP contribution in [0, 0.1) is 0 Å². The molecule has 5 nitrogen and oxygen atoms in total. The third-order valence-electron chi connectivity index (χ3n) is 1.06. The van der Waals surface area contributed by atoms with Gasteiger partial charge >= 0.3 is 12.5 Å². The fourth-order valence-corrected chi connectivity index (χ4v) is 0.602. The fourth-order valence-electron chi connectivity index (χ4n) is 0.602.